The molecule has 3 N–H and O–H groups in total. The van der Waals surface area contributed by atoms with Crippen molar-refractivity contribution in [3.05, 3.63) is 48.6 Å². The van der Waals surface area contributed by atoms with Crippen LogP contribution in [0.15, 0.2) is 48.6 Å². The maximum atomic E-state index is 12.6. The number of hydrogen-bond acceptors (Lipinski definition) is 5. The van der Waals surface area contributed by atoms with Crippen LogP contribution in [-0.4, -0.2) is 73.4 Å². The van der Waals surface area contributed by atoms with E-state index in [0.29, 0.717) is 23.9 Å². The van der Waals surface area contributed by atoms with Crippen LogP contribution in [0.5, 0.6) is 0 Å². The first kappa shape index (κ1) is 38.5. The monoisotopic (exact) mass is 585 g/mol. The van der Waals surface area contributed by atoms with Crippen molar-refractivity contribution in [2.45, 2.75) is 103 Å². The van der Waals surface area contributed by atoms with E-state index in [4.69, 9.17) is 9.05 Å². The first-order valence-electron chi connectivity index (χ1n) is 15.0. The summed E-state index contributed by atoms with van der Waals surface area (Å²) < 4.78 is 23.2. The lowest BCUT2D eigenvalue weighted by molar-refractivity contribution is -0.870. The molecule has 0 heterocycles. The Bertz CT molecular complexity index is 804. The fraction of sp³-hybridized carbons (Fsp3) is 0.710. The van der Waals surface area contributed by atoms with E-state index >= 15 is 0 Å². The van der Waals surface area contributed by atoms with Crippen LogP contribution in [0.3, 0.4) is 0 Å². The van der Waals surface area contributed by atoms with Gasteiger partial charge >= 0.3 is 7.82 Å². The number of phosphoric acid groups is 1. The molecule has 0 bridgehead atoms. The molecule has 1 amide bonds. The molecular weight excluding hydrogens is 527 g/mol. The van der Waals surface area contributed by atoms with E-state index in [9.17, 15) is 19.4 Å². The normalized spacial score (nSPS) is 15.9. The van der Waals surface area contributed by atoms with Crippen molar-refractivity contribution >= 4 is 13.7 Å². The summed E-state index contributed by atoms with van der Waals surface area (Å²) in [6.45, 7) is 4.43. The van der Waals surface area contributed by atoms with E-state index in [2.05, 4.69) is 42.6 Å². The highest BCUT2D eigenvalue weighted by Gasteiger charge is 2.27. The summed E-state index contributed by atoms with van der Waals surface area (Å²) in [5.41, 5.74) is 0. The Morgan fingerprint density at radius 1 is 0.875 bits per heavy atom. The molecule has 3 unspecified atom stereocenters. The number of carbonyl (C=O) groups excluding carboxylic acids is 1. The van der Waals surface area contributed by atoms with Gasteiger partial charge in [-0.25, -0.2) is 4.57 Å². The Morgan fingerprint density at radius 2 is 1.48 bits per heavy atom. The highest BCUT2D eigenvalue weighted by molar-refractivity contribution is 7.47. The molecule has 0 spiro atoms. The Hall–Kier alpha value is -1.54. The maximum Gasteiger partial charge on any atom is 0.472 e. The van der Waals surface area contributed by atoms with Crippen LogP contribution in [0.2, 0.25) is 0 Å². The predicted octanol–water partition coefficient (Wildman–Crippen LogP) is 6.62. The molecule has 0 aromatic carbocycles. The lowest BCUT2D eigenvalue weighted by Crippen LogP contribution is -2.45. The van der Waals surface area contributed by atoms with Gasteiger partial charge in [-0.15, -0.1) is 0 Å². The smallest absolute Gasteiger partial charge is 0.387 e. The van der Waals surface area contributed by atoms with Crippen molar-refractivity contribution in [1.82, 2.24) is 5.32 Å². The number of nitrogens with one attached hydrogen (secondary N) is 1. The fourth-order valence-corrected chi connectivity index (χ4v) is 4.34. The van der Waals surface area contributed by atoms with Crippen molar-refractivity contribution < 1.29 is 32.9 Å². The quantitative estimate of drug-likeness (QED) is 0.0482. The summed E-state index contributed by atoms with van der Waals surface area (Å²) in [5, 5.41) is 13.5. The molecule has 3 atom stereocenters. The van der Waals surface area contributed by atoms with Crippen LogP contribution in [0.4, 0.5) is 0 Å². The van der Waals surface area contributed by atoms with Gasteiger partial charge in [0, 0.05) is 6.42 Å². The highest BCUT2D eigenvalue weighted by atomic mass is 31.2. The van der Waals surface area contributed by atoms with Gasteiger partial charge in [0.05, 0.1) is 39.9 Å². The largest absolute Gasteiger partial charge is 0.472 e. The molecule has 0 aromatic rings. The second kappa shape index (κ2) is 24.1. The van der Waals surface area contributed by atoms with E-state index in [-0.39, 0.29) is 19.1 Å². The number of hydrogen-bond donors (Lipinski definition) is 3. The van der Waals surface area contributed by atoms with Gasteiger partial charge in [0.25, 0.3) is 0 Å². The predicted molar refractivity (Wildman–Crippen MR) is 166 cm³/mol. The van der Waals surface area contributed by atoms with Gasteiger partial charge in [-0.1, -0.05) is 74.8 Å². The summed E-state index contributed by atoms with van der Waals surface area (Å²) in [6, 6.07) is -0.878. The summed E-state index contributed by atoms with van der Waals surface area (Å²) >= 11 is 0. The minimum Gasteiger partial charge on any atom is -0.387 e. The average molecular weight is 586 g/mol. The molecule has 0 aliphatic rings. The molecule has 0 radical (unpaired) electrons. The van der Waals surface area contributed by atoms with Crippen molar-refractivity contribution in [1.29, 1.82) is 0 Å². The molecule has 0 fully saturated rings. The Kier molecular flexibility index (Phi) is 23.2. The van der Waals surface area contributed by atoms with E-state index in [1.807, 2.05) is 40.2 Å². The first-order valence-corrected chi connectivity index (χ1v) is 16.5. The zero-order chi connectivity index (χ0) is 30.1. The number of likely N-dealkylation sites (N-methyl/N-ethyl adjacent to an activating group) is 1. The second-order valence-electron chi connectivity index (χ2n) is 11.1. The third-order valence-corrected chi connectivity index (χ3v) is 7.08. The number of nitrogens with zero attached hydrogens (tertiary/aromatic N) is 1. The van der Waals surface area contributed by atoms with Gasteiger partial charge in [-0.3, -0.25) is 13.8 Å². The number of carbonyl (C=O) groups is 1. The molecule has 0 rings (SSSR count). The van der Waals surface area contributed by atoms with E-state index < -0.39 is 20.0 Å². The molecule has 0 aromatic heterocycles. The molecule has 0 saturated carbocycles. The van der Waals surface area contributed by atoms with Crippen molar-refractivity contribution in [2.24, 2.45) is 0 Å². The Labute approximate surface area is 244 Å². The molecule has 8 nitrogen and oxygen atoms in total. The maximum absolute atomic E-state index is 12.6. The van der Waals surface area contributed by atoms with E-state index in [1.165, 1.54) is 25.7 Å². The van der Waals surface area contributed by atoms with Gasteiger partial charge in [0.1, 0.15) is 13.2 Å². The van der Waals surface area contributed by atoms with Gasteiger partial charge in [0.15, 0.2) is 0 Å². The van der Waals surface area contributed by atoms with Gasteiger partial charge in [-0.05, 0) is 58.3 Å². The van der Waals surface area contributed by atoms with Crippen molar-refractivity contribution in [3.8, 4) is 0 Å². The van der Waals surface area contributed by atoms with E-state index in [1.54, 1.807) is 6.08 Å². The van der Waals surface area contributed by atoms with Gasteiger partial charge < -0.3 is 19.8 Å². The minimum absolute atomic E-state index is 0.0468. The topological polar surface area (TPSA) is 105 Å². The van der Waals surface area contributed by atoms with Crippen LogP contribution >= 0.6 is 7.82 Å². The molecular formula is C31H58N2O6P+. The minimum atomic E-state index is -4.33. The fourth-order valence-electron chi connectivity index (χ4n) is 3.61. The molecule has 0 aliphatic heterocycles. The first-order chi connectivity index (χ1) is 19.0. The number of amides is 1. The number of quaternary nitrogens is 1. The number of aliphatic hydroxyl groups excluding tert-OH is 1. The summed E-state index contributed by atoms with van der Waals surface area (Å²) in [7, 11) is 1.51. The van der Waals surface area contributed by atoms with Crippen molar-refractivity contribution in [2.75, 3.05) is 40.9 Å². The van der Waals surface area contributed by atoms with Crippen LogP contribution in [0.1, 0.15) is 90.9 Å². The zero-order valence-electron chi connectivity index (χ0n) is 25.8. The van der Waals surface area contributed by atoms with Crippen LogP contribution in [-0.2, 0) is 18.4 Å². The van der Waals surface area contributed by atoms with Gasteiger partial charge in [-0.2, -0.15) is 0 Å². The van der Waals surface area contributed by atoms with Gasteiger partial charge in [0.2, 0.25) is 5.91 Å². The molecule has 232 valence electrons. The van der Waals surface area contributed by atoms with Crippen LogP contribution in [0.25, 0.3) is 0 Å². The SMILES string of the molecule is C/C=C/CC/C=C/CC/C=C/C(O)C(COP(=O)(O)OCC[N+](C)(C)C)NC(=O)CCC/C=C\CCCCCC. The lowest BCUT2D eigenvalue weighted by Gasteiger charge is -2.25. The number of unbranched alkanes of at least 4 members (excludes halogenated alkanes) is 7. The van der Waals surface area contributed by atoms with E-state index in [0.717, 1.165) is 38.5 Å². The summed E-state index contributed by atoms with van der Waals surface area (Å²) in [6.07, 6.45) is 26.4. The lowest BCUT2D eigenvalue weighted by atomic mass is 10.1. The summed E-state index contributed by atoms with van der Waals surface area (Å²) in [5.74, 6) is -0.236. The van der Waals surface area contributed by atoms with Crippen LogP contribution in [0, 0.1) is 0 Å². The second-order valence-corrected chi connectivity index (χ2v) is 12.6. The number of rotatable bonds is 25. The summed E-state index contributed by atoms with van der Waals surface area (Å²) in [4.78, 5) is 22.7. The third-order valence-electron chi connectivity index (χ3n) is 6.09. The highest BCUT2D eigenvalue weighted by Crippen LogP contribution is 2.43. The average Bonchev–Trinajstić information content (AvgIpc) is 2.88. The number of aliphatic hydroxyl groups is 1. The third kappa shape index (κ3) is 25.4. The van der Waals surface area contributed by atoms with Crippen LogP contribution < -0.4 is 5.32 Å². The molecule has 0 aliphatic carbocycles. The van der Waals surface area contributed by atoms with Crippen molar-refractivity contribution in [3.63, 3.8) is 0 Å². The molecule has 9 heteroatoms. The standard InChI is InChI=1S/C31H57N2O6P/c1-6-8-10-12-14-16-18-20-22-24-30(34)29(28-39-40(36,37)38-27-26-33(3,4)5)32-31(35)25-23-21-19-17-15-13-11-9-7-2/h6,8,14,16-17,19,22,24,29-30,34H,7,9-13,15,18,20-21,23,25-28H2,1-5H3,(H-,32,35,36,37)/p+1/b8-6+,16-14+,19-17-,24-22+. The number of phosphoric ester groups is 1. The molecule has 0 saturated heterocycles. The number of allylic oxidation sites excluding steroid dienone is 7. The Balaban J connectivity index is 4.82. The Morgan fingerprint density at radius 3 is 2.10 bits per heavy atom. The molecule has 40 heavy (non-hydrogen) atoms. The zero-order valence-corrected chi connectivity index (χ0v) is 26.7.